The van der Waals surface area contributed by atoms with Gasteiger partial charge in [-0.05, 0) is 24.3 Å². The Balaban J connectivity index is 2.38. The lowest BCUT2D eigenvalue weighted by molar-refractivity contribution is 0.112. The summed E-state index contributed by atoms with van der Waals surface area (Å²) in [7, 11) is 0. The molecule has 0 aliphatic carbocycles. The van der Waals surface area contributed by atoms with Crippen LogP contribution in [-0.4, -0.2) is 20.7 Å². The molecular formula is C13H9N3O. The summed E-state index contributed by atoms with van der Waals surface area (Å²) >= 11 is 0. The quantitative estimate of drug-likeness (QED) is 0.626. The Hall–Kier alpha value is -2.49. The van der Waals surface area contributed by atoms with Crippen molar-refractivity contribution in [1.29, 1.82) is 0 Å². The Morgan fingerprint density at radius 3 is 2.71 bits per heavy atom. The molecule has 0 unspecified atom stereocenters. The lowest BCUT2D eigenvalue weighted by Gasteiger charge is -2.01. The van der Waals surface area contributed by atoms with E-state index in [4.69, 9.17) is 0 Å². The molecule has 0 spiro atoms. The number of aromatic nitrogens is 3. The van der Waals surface area contributed by atoms with Gasteiger partial charge < -0.3 is 0 Å². The molecule has 0 aliphatic rings. The highest BCUT2D eigenvalue weighted by molar-refractivity contribution is 5.85. The molecule has 3 heterocycles. The number of aldehydes is 1. The van der Waals surface area contributed by atoms with Gasteiger partial charge in [0.1, 0.15) is 11.3 Å². The van der Waals surface area contributed by atoms with Crippen molar-refractivity contribution in [3.05, 3.63) is 54.6 Å². The molecule has 0 amide bonds. The third kappa shape index (κ3) is 1.50. The molecule has 0 saturated heterocycles. The van der Waals surface area contributed by atoms with Crippen molar-refractivity contribution in [1.82, 2.24) is 14.4 Å². The van der Waals surface area contributed by atoms with Crippen molar-refractivity contribution in [2.24, 2.45) is 0 Å². The van der Waals surface area contributed by atoms with Crippen LogP contribution in [0.4, 0.5) is 0 Å². The van der Waals surface area contributed by atoms with Crippen LogP contribution in [0.3, 0.4) is 0 Å². The summed E-state index contributed by atoms with van der Waals surface area (Å²) in [6.45, 7) is 0. The largest absolute Gasteiger partial charge is 0.299 e. The average Bonchev–Trinajstić information content (AvgIpc) is 2.78. The maximum Gasteiger partial charge on any atom is 0.170 e. The first-order valence-corrected chi connectivity index (χ1v) is 5.23. The van der Waals surface area contributed by atoms with Crippen LogP contribution in [-0.2, 0) is 0 Å². The first kappa shape index (κ1) is 9.72. The summed E-state index contributed by atoms with van der Waals surface area (Å²) in [4.78, 5) is 19.3. The minimum Gasteiger partial charge on any atom is -0.299 e. The number of nitrogens with zero attached hydrogens (tertiary/aromatic N) is 3. The Morgan fingerprint density at radius 1 is 1.12 bits per heavy atom. The minimum absolute atomic E-state index is 0.447. The molecular weight excluding hydrogens is 214 g/mol. The molecule has 4 heteroatoms. The molecule has 0 aliphatic heterocycles. The van der Waals surface area contributed by atoms with Gasteiger partial charge in [-0.25, -0.2) is 4.98 Å². The fourth-order valence-corrected chi connectivity index (χ4v) is 1.89. The zero-order valence-electron chi connectivity index (χ0n) is 8.95. The topological polar surface area (TPSA) is 47.3 Å². The normalized spacial score (nSPS) is 10.6. The van der Waals surface area contributed by atoms with E-state index in [0.717, 1.165) is 23.2 Å². The van der Waals surface area contributed by atoms with Gasteiger partial charge in [0.05, 0.1) is 5.69 Å². The van der Waals surface area contributed by atoms with E-state index >= 15 is 0 Å². The second kappa shape index (κ2) is 3.83. The average molecular weight is 223 g/mol. The van der Waals surface area contributed by atoms with Crippen molar-refractivity contribution >= 4 is 11.9 Å². The minimum atomic E-state index is 0.447. The highest BCUT2D eigenvalue weighted by Gasteiger charge is 2.12. The van der Waals surface area contributed by atoms with E-state index in [1.807, 2.05) is 40.9 Å². The molecule has 0 fully saturated rings. The van der Waals surface area contributed by atoms with E-state index in [9.17, 15) is 4.79 Å². The molecule has 3 aromatic rings. The summed E-state index contributed by atoms with van der Waals surface area (Å²) in [6.07, 6.45) is 6.08. The number of hydrogen-bond acceptors (Lipinski definition) is 3. The number of rotatable bonds is 2. The second-order valence-electron chi connectivity index (χ2n) is 3.63. The first-order chi connectivity index (χ1) is 8.40. The van der Waals surface area contributed by atoms with Crippen LogP contribution in [0.1, 0.15) is 10.5 Å². The molecule has 0 atom stereocenters. The molecule has 3 rings (SSSR count). The van der Waals surface area contributed by atoms with E-state index in [2.05, 4.69) is 9.97 Å². The molecule has 0 radical (unpaired) electrons. The number of fused-ring (bicyclic) bond motifs is 1. The van der Waals surface area contributed by atoms with Crippen LogP contribution in [0.2, 0.25) is 0 Å². The summed E-state index contributed by atoms with van der Waals surface area (Å²) < 4.78 is 1.90. The standard InChI is InChI=1S/C13H9N3O/c17-9-11-13(10-4-6-14-7-5-10)16-8-2-1-3-12(16)15-11/h1-9H. The monoisotopic (exact) mass is 223 g/mol. The van der Waals surface area contributed by atoms with Crippen LogP contribution in [0.15, 0.2) is 48.9 Å². The van der Waals surface area contributed by atoms with Gasteiger partial charge in [-0.1, -0.05) is 6.07 Å². The van der Waals surface area contributed by atoms with Crippen molar-refractivity contribution in [3.8, 4) is 11.3 Å². The second-order valence-corrected chi connectivity index (χ2v) is 3.63. The SMILES string of the molecule is O=Cc1nc2ccccn2c1-c1ccncc1. The van der Waals surface area contributed by atoms with Gasteiger partial charge in [0.25, 0.3) is 0 Å². The Bertz CT molecular complexity index is 673. The molecule has 0 saturated carbocycles. The third-order valence-electron chi connectivity index (χ3n) is 2.62. The van der Waals surface area contributed by atoms with Crippen LogP contribution in [0, 0.1) is 0 Å². The van der Waals surface area contributed by atoms with E-state index in [0.29, 0.717) is 5.69 Å². The molecule has 82 valence electrons. The van der Waals surface area contributed by atoms with Crippen molar-refractivity contribution in [3.63, 3.8) is 0 Å². The van der Waals surface area contributed by atoms with Crippen LogP contribution < -0.4 is 0 Å². The third-order valence-corrected chi connectivity index (χ3v) is 2.62. The summed E-state index contributed by atoms with van der Waals surface area (Å²) in [5.74, 6) is 0. The zero-order chi connectivity index (χ0) is 11.7. The van der Waals surface area contributed by atoms with Crippen molar-refractivity contribution < 1.29 is 4.79 Å². The Labute approximate surface area is 97.6 Å². The van der Waals surface area contributed by atoms with E-state index in [-0.39, 0.29) is 0 Å². The van der Waals surface area contributed by atoms with Gasteiger partial charge in [-0.3, -0.25) is 14.2 Å². The van der Waals surface area contributed by atoms with Gasteiger partial charge in [0.2, 0.25) is 0 Å². The number of imidazole rings is 1. The highest BCUT2D eigenvalue weighted by atomic mass is 16.1. The van der Waals surface area contributed by atoms with Gasteiger partial charge in [0.15, 0.2) is 6.29 Å². The Morgan fingerprint density at radius 2 is 1.94 bits per heavy atom. The lowest BCUT2D eigenvalue weighted by atomic mass is 10.1. The number of pyridine rings is 2. The molecule has 0 N–H and O–H groups in total. The van der Waals surface area contributed by atoms with Crippen molar-refractivity contribution in [2.75, 3.05) is 0 Å². The smallest absolute Gasteiger partial charge is 0.170 e. The molecule has 4 nitrogen and oxygen atoms in total. The molecule has 0 bridgehead atoms. The van der Waals surface area contributed by atoms with Gasteiger partial charge in [-0.2, -0.15) is 0 Å². The van der Waals surface area contributed by atoms with E-state index in [1.54, 1.807) is 12.4 Å². The van der Waals surface area contributed by atoms with Gasteiger partial charge >= 0.3 is 0 Å². The van der Waals surface area contributed by atoms with Crippen LogP contribution >= 0.6 is 0 Å². The summed E-state index contributed by atoms with van der Waals surface area (Å²) in [5, 5.41) is 0. The molecule has 3 aromatic heterocycles. The van der Waals surface area contributed by atoms with Crippen LogP contribution in [0.25, 0.3) is 16.9 Å². The van der Waals surface area contributed by atoms with Crippen molar-refractivity contribution in [2.45, 2.75) is 0 Å². The summed E-state index contributed by atoms with van der Waals surface area (Å²) in [5.41, 5.74) is 2.95. The maximum absolute atomic E-state index is 11.1. The number of hydrogen-bond donors (Lipinski definition) is 0. The summed E-state index contributed by atoms with van der Waals surface area (Å²) in [6, 6.07) is 9.41. The van der Waals surface area contributed by atoms with Gasteiger partial charge in [0, 0.05) is 24.2 Å². The van der Waals surface area contributed by atoms with Gasteiger partial charge in [-0.15, -0.1) is 0 Å². The zero-order valence-corrected chi connectivity index (χ0v) is 8.95. The first-order valence-electron chi connectivity index (χ1n) is 5.23. The predicted octanol–water partition coefficient (Wildman–Crippen LogP) is 2.21. The predicted molar refractivity (Wildman–Crippen MR) is 63.8 cm³/mol. The Kier molecular flexibility index (Phi) is 2.19. The number of carbonyl (C=O) groups is 1. The fourth-order valence-electron chi connectivity index (χ4n) is 1.89. The highest BCUT2D eigenvalue weighted by Crippen LogP contribution is 2.23. The maximum atomic E-state index is 11.1. The molecule has 17 heavy (non-hydrogen) atoms. The molecule has 0 aromatic carbocycles. The van der Waals surface area contributed by atoms with E-state index in [1.165, 1.54) is 0 Å². The lowest BCUT2D eigenvalue weighted by Crippen LogP contribution is -1.90. The number of carbonyl (C=O) groups excluding carboxylic acids is 1. The van der Waals surface area contributed by atoms with Crippen LogP contribution in [0.5, 0.6) is 0 Å². The van der Waals surface area contributed by atoms with E-state index < -0.39 is 0 Å². The fraction of sp³-hybridized carbons (Fsp3) is 0.